The Morgan fingerprint density at radius 1 is 0.909 bits per heavy atom. The van der Waals surface area contributed by atoms with Gasteiger partial charge >= 0.3 is 5.97 Å². The third kappa shape index (κ3) is 6.35. The summed E-state index contributed by atoms with van der Waals surface area (Å²) in [4.78, 5) is 37.6. The average Bonchev–Trinajstić information content (AvgIpc) is 2.85. The highest BCUT2D eigenvalue weighted by atomic mass is 16.5. The Morgan fingerprint density at radius 3 is 2.18 bits per heavy atom. The largest absolute Gasteiger partial charge is 0.463 e. The van der Waals surface area contributed by atoms with E-state index in [1.54, 1.807) is 66.2 Å². The highest BCUT2D eigenvalue weighted by Crippen LogP contribution is 2.19. The summed E-state index contributed by atoms with van der Waals surface area (Å²) < 4.78 is 7.29. The molecule has 0 fully saturated rings. The number of benzene rings is 2. The van der Waals surface area contributed by atoms with E-state index in [2.05, 4.69) is 5.32 Å². The van der Waals surface area contributed by atoms with Crippen LogP contribution in [-0.4, -0.2) is 30.3 Å². The summed E-state index contributed by atoms with van der Waals surface area (Å²) >= 11 is 0. The zero-order valence-electron chi connectivity index (χ0n) is 19.2. The fraction of sp³-hybridized carbons (Fsp3) is 0.259. The van der Waals surface area contributed by atoms with Gasteiger partial charge in [0.15, 0.2) is 18.2 Å². The molecular formula is C27H29N2O4+. The van der Waals surface area contributed by atoms with Crippen molar-refractivity contribution in [2.45, 2.75) is 32.2 Å². The topological polar surface area (TPSA) is 76.3 Å². The summed E-state index contributed by atoms with van der Waals surface area (Å²) in [5, 5.41) is 2.91. The first-order valence-electron chi connectivity index (χ1n) is 11.0. The van der Waals surface area contributed by atoms with Crippen molar-refractivity contribution in [3.63, 3.8) is 0 Å². The van der Waals surface area contributed by atoms with Gasteiger partial charge in [0.1, 0.15) is 19.2 Å². The van der Waals surface area contributed by atoms with Crippen LogP contribution < -0.4 is 9.88 Å². The molecule has 0 spiro atoms. The molecule has 170 valence electrons. The van der Waals surface area contributed by atoms with E-state index < -0.39 is 5.92 Å². The number of nitrogens with one attached hydrogen (secondary N) is 1. The van der Waals surface area contributed by atoms with Gasteiger partial charge in [0.2, 0.25) is 0 Å². The molecule has 0 saturated heterocycles. The zero-order valence-corrected chi connectivity index (χ0v) is 19.2. The summed E-state index contributed by atoms with van der Waals surface area (Å²) in [6.07, 6.45) is 4.21. The molecule has 2 aromatic carbocycles. The number of rotatable bonds is 9. The van der Waals surface area contributed by atoms with E-state index in [0.29, 0.717) is 23.1 Å². The summed E-state index contributed by atoms with van der Waals surface area (Å²) in [5.41, 5.74) is 2.49. The predicted octanol–water partition coefficient (Wildman–Crippen LogP) is 3.60. The minimum Gasteiger partial charge on any atom is -0.463 e. The van der Waals surface area contributed by atoms with Gasteiger partial charge in [-0.15, -0.1) is 0 Å². The minimum absolute atomic E-state index is 0.0640. The van der Waals surface area contributed by atoms with E-state index in [1.165, 1.54) is 0 Å². The first-order valence-corrected chi connectivity index (χ1v) is 11.0. The molecule has 0 aliphatic carbocycles. The third-order valence-corrected chi connectivity index (χ3v) is 5.52. The summed E-state index contributed by atoms with van der Waals surface area (Å²) in [6.45, 7) is 3.78. The molecule has 6 heteroatoms. The van der Waals surface area contributed by atoms with E-state index in [4.69, 9.17) is 4.74 Å². The summed E-state index contributed by atoms with van der Waals surface area (Å²) in [6, 6.07) is 19.3. The van der Waals surface area contributed by atoms with Crippen molar-refractivity contribution in [2.24, 2.45) is 7.05 Å². The molecule has 6 nitrogen and oxygen atoms in total. The van der Waals surface area contributed by atoms with Crippen molar-refractivity contribution in [3.8, 4) is 0 Å². The van der Waals surface area contributed by atoms with Gasteiger partial charge in [-0.25, -0.2) is 4.57 Å². The molecule has 0 radical (unpaired) electrons. The van der Waals surface area contributed by atoms with Crippen molar-refractivity contribution in [3.05, 3.63) is 101 Å². The molecule has 1 heterocycles. The van der Waals surface area contributed by atoms with Crippen LogP contribution in [-0.2, 0) is 16.6 Å². The second-order valence-corrected chi connectivity index (χ2v) is 8.01. The lowest BCUT2D eigenvalue weighted by Crippen LogP contribution is -2.40. The van der Waals surface area contributed by atoms with Gasteiger partial charge in [0, 0.05) is 17.2 Å². The number of amides is 1. The Kier molecular flexibility index (Phi) is 8.08. The molecule has 2 unspecified atom stereocenters. The van der Waals surface area contributed by atoms with E-state index in [-0.39, 0.29) is 30.3 Å². The Bertz CT molecular complexity index is 1110. The van der Waals surface area contributed by atoms with Gasteiger partial charge in [-0.05, 0) is 25.0 Å². The van der Waals surface area contributed by atoms with Crippen LogP contribution in [0.15, 0.2) is 79.1 Å². The maximum atomic E-state index is 12.6. The molecule has 0 aliphatic rings. The van der Waals surface area contributed by atoms with Gasteiger partial charge in [-0.2, -0.15) is 0 Å². The number of carbonyl (C=O) groups excluding carboxylic acids is 3. The van der Waals surface area contributed by atoms with Gasteiger partial charge in [-0.1, -0.05) is 61.5 Å². The second kappa shape index (κ2) is 11.2. The number of carbonyl (C=O) groups is 3. The van der Waals surface area contributed by atoms with Gasteiger partial charge in [0.05, 0.1) is 12.0 Å². The molecule has 1 aromatic heterocycles. The lowest BCUT2D eigenvalue weighted by atomic mass is 9.97. The minimum atomic E-state index is -0.493. The van der Waals surface area contributed by atoms with Gasteiger partial charge < -0.3 is 10.1 Å². The van der Waals surface area contributed by atoms with Crippen molar-refractivity contribution in [2.75, 3.05) is 6.61 Å². The standard InChI is InChI=1S/C27H28N2O4/c1-4-24(28-26(31)23-11-8-16-29(3)17-23)18-33-27(32)19(2)20-12-14-22(15-13-20)25(30)21-9-6-5-7-10-21/h5-17,19,24H,4,18H2,1-3H3/p+1. The lowest BCUT2D eigenvalue weighted by Gasteiger charge is -2.19. The summed E-state index contributed by atoms with van der Waals surface area (Å²) in [7, 11) is 1.85. The predicted molar refractivity (Wildman–Crippen MR) is 125 cm³/mol. The SMILES string of the molecule is CCC(COC(=O)C(C)c1ccc(C(=O)c2ccccc2)cc1)NC(=O)c1ccc[n+](C)c1. The Labute approximate surface area is 194 Å². The Balaban J connectivity index is 1.56. The molecule has 0 saturated carbocycles. The van der Waals surface area contributed by atoms with E-state index in [0.717, 1.165) is 5.56 Å². The number of hydrogen-bond donors (Lipinski definition) is 1. The third-order valence-electron chi connectivity index (χ3n) is 5.52. The maximum Gasteiger partial charge on any atom is 0.313 e. The molecular weight excluding hydrogens is 416 g/mol. The van der Waals surface area contributed by atoms with Crippen molar-refractivity contribution >= 4 is 17.7 Å². The van der Waals surface area contributed by atoms with Crippen molar-refractivity contribution in [1.29, 1.82) is 0 Å². The molecule has 2 atom stereocenters. The molecule has 3 rings (SSSR count). The molecule has 0 bridgehead atoms. The number of ether oxygens (including phenoxy) is 1. The van der Waals surface area contributed by atoms with E-state index >= 15 is 0 Å². The number of nitrogens with zero attached hydrogens (tertiary/aromatic N) is 1. The molecule has 1 N–H and O–H groups in total. The number of ketones is 1. The monoisotopic (exact) mass is 445 g/mol. The van der Waals surface area contributed by atoms with Crippen LogP contribution >= 0.6 is 0 Å². The number of pyridine rings is 1. The fourth-order valence-electron chi connectivity index (χ4n) is 3.38. The quantitative estimate of drug-likeness (QED) is 0.310. The molecule has 1 amide bonds. The number of aryl methyl sites for hydroxylation is 1. The Morgan fingerprint density at radius 2 is 1.55 bits per heavy atom. The zero-order chi connectivity index (χ0) is 23.8. The van der Waals surface area contributed by atoms with Crippen LogP contribution in [0.1, 0.15) is 58.0 Å². The fourth-order valence-corrected chi connectivity index (χ4v) is 3.38. The second-order valence-electron chi connectivity index (χ2n) is 8.01. The molecule has 33 heavy (non-hydrogen) atoms. The Hall–Kier alpha value is -3.80. The van der Waals surface area contributed by atoms with Crippen molar-refractivity contribution in [1.82, 2.24) is 5.32 Å². The average molecular weight is 446 g/mol. The van der Waals surface area contributed by atoms with Crippen LogP contribution in [0.25, 0.3) is 0 Å². The number of aromatic nitrogens is 1. The van der Waals surface area contributed by atoms with Gasteiger partial charge in [0.25, 0.3) is 5.91 Å². The highest BCUT2D eigenvalue weighted by molar-refractivity contribution is 6.09. The van der Waals surface area contributed by atoms with Crippen LogP contribution in [0.4, 0.5) is 0 Å². The van der Waals surface area contributed by atoms with Crippen LogP contribution in [0.3, 0.4) is 0 Å². The molecule has 0 aliphatic heterocycles. The van der Waals surface area contributed by atoms with Gasteiger partial charge in [-0.3, -0.25) is 14.4 Å². The van der Waals surface area contributed by atoms with E-state index in [9.17, 15) is 14.4 Å². The van der Waals surface area contributed by atoms with Crippen molar-refractivity contribution < 1.29 is 23.7 Å². The van der Waals surface area contributed by atoms with E-state index in [1.807, 2.05) is 38.4 Å². The summed E-state index contributed by atoms with van der Waals surface area (Å²) in [5.74, 6) is -1.14. The first kappa shape index (κ1) is 23.9. The van der Waals surface area contributed by atoms with Crippen LogP contribution in [0.5, 0.6) is 0 Å². The maximum absolute atomic E-state index is 12.6. The van der Waals surface area contributed by atoms with Crippen LogP contribution in [0.2, 0.25) is 0 Å². The molecule has 3 aromatic rings. The lowest BCUT2D eigenvalue weighted by molar-refractivity contribution is -0.671. The van der Waals surface area contributed by atoms with Crippen LogP contribution in [0, 0.1) is 0 Å². The number of hydrogen-bond acceptors (Lipinski definition) is 4. The first-order chi connectivity index (χ1) is 15.9. The smallest absolute Gasteiger partial charge is 0.313 e. The number of esters is 1. The normalized spacial score (nSPS) is 12.5. The highest BCUT2D eigenvalue weighted by Gasteiger charge is 2.21.